The summed E-state index contributed by atoms with van der Waals surface area (Å²) in [4.78, 5) is 3.54. The number of hydrogen-bond donors (Lipinski definition) is 1. The third-order valence-corrected chi connectivity index (χ3v) is 12.3. The maximum absolute atomic E-state index is 13.2. The van der Waals surface area contributed by atoms with E-state index in [9.17, 15) is 18.8 Å². The highest BCUT2D eigenvalue weighted by atomic mass is 32.2. The molecule has 7 nitrogen and oxygen atoms in total. The minimum Gasteiger partial charge on any atom is -0.417 e. The van der Waals surface area contributed by atoms with Crippen molar-refractivity contribution < 1.29 is 18.0 Å². The van der Waals surface area contributed by atoms with Gasteiger partial charge in [0.1, 0.15) is 11.9 Å². The van der Waals surface area contributed by atoms with Crippen molar-refractivity contribution in [1.29, 1.82) is 5.26 Å². The van der Waals surface area contributed by atoms with E-state index in [0.29, 0.717) is 32.1 Å². The summed E-state index contributed by atoms with van der Waals surface area (Å²) in [6.45, 7) is 13.5. The summed E-state index contributed by atoms with van der Waals surface area (Å²) in [5, 5.41) is 19.4. The molecular formula is C22H35N3O4SSi. The van der Waals surface area contributed by atoms with E-state index in [1.54, 1.807) is 23.1 Å². The lowest BCUT2D eigenvalue weighted by molar-refractivity contribution is 0.226. The van der Waals surface area contributed by atoms with Gasteiger partial charge in [-0.25, -0.2) is 8.42 Å². The zero-order valence-corrected chi connectivity index (χ0v) is 21.1. The molecule has 1 N–H and O–H groups in total. The summed E-state index contributed by atoms with van der Waals surface area (Å²) in [6.07, 6.45) is 0.729. The first-order valence-corrected chi connectivity index (χ1v) is 15.0. The van der Waals surface area contributed by atoms with Crippen LogP contribution in [-0.2, 0) is 14.3 Å². The standard InChI is InChI=1S/C22H35N3O4SSi/c1-22(2,3)31(4,5)29-17-9-12-24-13-14-25(15-16-26)21(24)20(18-23)30(27,28)19-10-7-6-8-11-19/h6-8,10-11,26H,9,12-17H2,1-5H3. The van der Waals surface area contributed by atoms with E-state index in [-0.39, 0.29) is 28.0 Å². The van der Waals surface area contributed by atoms with Crippen LogP contribution < -0.4 is 0 Å². The van der Waals surface area contributed by atoms with E-state index in [4.69, 9.17) is 4.43 Å². The third-order valence-electron chi connectivity index (χ3n) is 6.08. The lowest BCUT2D eigenvalue weighted by atomic mass is 10.2. The van der Waals surface area contributed by atoms with Crippen molar-refractivity contribution in [2.24, 2.45) is 0 Å². The van der Waals surface area contributed by atoms with E-state index in [1.165, 1.54) is 12.1 Å². The first-order chi connectivity index (χ1) is 14.5. The smallest absolute Gasteiger partial charge is 0.220 e. The van der Waals surface area contributed by atoms with Gasteiger partial charge in [0.15, 0.2) is 13.2 Å². The van der Waals surface area contributed by atoms with Crippen LogP contribution in [0.3, 0.4) is 0 Å². The average Bonchev–Trinajstić information content (AvgIpc) is 3.08. The maximum Gasteiger partial charge on any atom is 0.220 e. The molecule has 0 aromatic heterocycles. The second kappa shape index (κ2) is 10.2. The number of hydrogen-bond acceptors (Lipinski definition) is 7. The molecular weight excluding hydrogens is 430 g/mol. The Kier molecular flexibility index (Phi) is 8.33. The Morgan fingerprint density at radius 3 is 2.26 bits per heavy atom. The van der Waals surface area contributed by atoms with Crippen LogP contribution in [-0.4, -0.2) is 71.0 Å². The van der Waals surface area contributed by atoms with Crippen LogP contribution in [0, 0.1) is 11.3 Å². The Labute approximate surface area is 188 Å². The summed E-state index contributed by atoms with van der Waals surface area (Å²) >= 11 is 0. The molecule has 0 spiro atoms. The highest BCUT2D eigenvalue weighted by molar-refractivity contribution is 7.95. The van der Waals surface area contributed by atoms with Crippen LogP contribution in [0.4, 0.5) is 0 Å². The van der Waals surface area contributed by atoms with Crippen molar-refractivity contribution in [3.63, 3.8) is 0 Å². The molecule has 0 saturated carbocycles. The number of aliphatic hydroxyl groups is 1. The Morgan fingerprint density at radius 2 is 1.74 bits per heavy atom. The van der Waals surface area contributed by atoms with E-state index in [1.807, 2.05) is 11.0 Å². The molecule has 172 valence electrons. The lowest BCUT2D eigenvalue weighted by Crippen LogP contribution is -2.41. The quantitative estimate of drug-likeness (QED) is 0.340. The van der Waals surface area contributed by atoms with Crippen LogP contribution in [0.1, 0.15) is 27.2 Å². The topological polar surface area (TPSA) is 93.9 Å². The van der Waals surface area contributed by atoms with Crippen molar-refractivity contribution in [2.45, 2.75) is 50.2 Å². The molecule has 9 heteroatoms. The molecule has 1 aromatic rings. The maximum atomic E-state index is 13.2. The molecule has 2 rings (SSSR count). The van der Waals surface area contributed by atoms with Gasteiger partial charge in [0.05, 0.1) is 11.5 Å². The minimum absolute atomic E-state index is 0.0936. The van der Waals surface area contributed by atoms with Gasteiger partial charge in [-0.15, -0.1) is 0 Å². The molecule has 0 bridgehead atoms. The van der Waals surface area contributed by atoms with Crippen LogP contribution in [0.5, 0.6) is 0 Å². The number of aliphatic hydroxyl groups excluding tert-OH is 1. The van der Waals surface area contributed by atoms with Crippen LogP contribution >= 0.6 is 0 Å². The van der Waals surface area contributed by atoms with Gasteiger partial charge in [0.25, 0.3) is 0 Å². The van der Waals surface area contributed by atoms with Crippen LogP contribution in [0.15, 0.2) is 46.0 Å². The lowest BCUT2D eigenvalue weighted by Gasteiger charge is -2.36. The molecule has 1 fully saturated rings. The minimum atomic E-state index is -3.96. The van der Waals surface area contributed by atoms with E-state index >= 15 is 0 Å². The molecule has 0 amide bonds. The average molecular weight is 466 g/mol. The molecule has 31 heavy (non-hydrogen) atoms. The van der Waals surface area contributed by atoms with Crippen molar-refractivity contribution in [3.05, 3.63) is 41.1 Å². The number of nitriles is 1. The highest BCUT2D eigenvalue weighted by Crippen LogP contribution is 2.36. The fourth-order valence-corrected chi connectivity index (χ4v) is 5.70. The van der Waals surface area contributed by atoms with Crippen molar-refractivity contribution in [3.8, 4) is 6.07 Å². The van der Waals surface area contributed by atoms with Gasteiger partial charge >= 0.3 is 0 Å². The van der Waals surface area contributed by atoms with Crippen LogP contribution in [0.25, 0.3) is 0 Å². The number of benzene rings is 1. The number of sulfone groups is 1. The van der Waals surface area contributed by atoms with E-state index in [0.717, 1.165) is 6.42 Å². The SMILES string of the molecule is CC(C)(C)[Si](C)(C)OCCCN1CCN(CCO)C1=C(C#N)S(=O)(=O)c1ccccc1. The third kappa shape index (κ3) is 5.89. The van der Waals surface area contributed by atoms with Crippen molar-refractivity contribution >= 4 is 18.2 Å². The second-order valence-corrected chi connectivity index (χ2v) is 15.9. The summed E-state index contributed by atoms with van der Waals surface area (Å²) < 4.78 is 32.7. The zero-order valence-electron chi connectivity index (χ0n) is 19.3. The van der Waals surface area contributed by atoms with E-state index < -0.39 is 18.2 Å². The van der Waals surface area contributed by atoms with Gasteiger partial charge in [-0.1, -0.05) is 39.0 Å². The molecule has 1 aliphatic heterocycles. The Bertz CT molecular complexity index is 918. The van der Waals surface area contributed by atoms with Gasteiger partial charge in [0, 0.05) is 32.8 Å². The monoisotopic (exact) mass is 465 g/mol. The molecule has 0 atom stereocenters. The second-order valence-electron chi connectivity index (χ2n) is 9.24. The number of nitrogens with zero attached hydrogens (tertiary/aromatic N) is 3. The first kappa shape index (κ1) is 25.4. The summed E-state index contributed by atoms with van der Waals surface area (Å²) in [5.74, 6) is 0.382. The van der Waals surface area contributed by atoms with Gasteiger partial charge in [0.2, 0.25) is 9.84 Å². The predicted molar refractivity (Wildman–Crippen MR) is 124 cm³/mol. The Morgan fingerprint density at radius 1 is 1.16 bits per heavy atom. The van der Waals surface area contributed by atoms with Crippen molar-refractivity contribution in [1.82, 2.24) is 9.80 Å². The fraction of sp³-hybridized carbons (Fsp3) is 0.591. The van der Waals surface area contributed by atoms with Gasteiger partial charge in [-0.3, -0.25) is 0 Å². The van der Waals surface area contributed by atoms with Gasteiger partial charge in [-0.05, 0) is 36.7 Å². The van der Waals surface area contributed by atoms with E-state index in [2.05, 4.69) is 33.9 Å². The molecule has 1 aliphatic rings. The Balaban J connectivity index is 2.27. The molecule has 1 aromatic carbocycles. The largest absolute Gasteiger partial charge is 0.417 e. The fourth-order valence-electron chi connectivity index (χ4n) is 3.24. The molecule has 1 saturated heterocycles. The molecule has 1 heterocycles. The number of rotatable bonds is 9. The highest BCUT2D eigenvalue weighted by Gasteiger charge is 2.37. The van der Waals surface area contributed by atoms with Crippen LogP contribution in [0.2, 0.25) is 18.1 Å². The zero-order chi connectivity index (χ0) is 23.3. The summed E-state index contributed by atoms with van der Waals surface area (Å²) in [6, 6.07) is 9.95. The summed E-state index contributed by atoms with van der Waals surface area (Å²) in [7, 11) is -5.81. The molecule has 0 aliphatic carbocycles. The first-order valence-electron chi connectivity index (χ1n) is 10.6. The molecule has 0 unspecified atom stereocenters. The number of β-amino-alcohol motifs (C(OH)–C–C–N with tert-alkyl or cyclic N) is 1. The van der Waals surface area contributed by atoms with Gasteiger partial charge < -0.3 is 19.3 Å². The summed E-state index contributed by atoms with van der Waals surface area (Å²) in [5.41, 5.74) is 0. The van der Waals surface area contributed by atoms with Gasteiger partial charge in [-0.2, -0.15) is 5.26 Å². The molecule has 0 radical (unpaired) electrons. The number of allylic oxidation sites excluding steroid dienone is 1. The van der Waals surface area contributed by atoms with Crippen molar-refractivity contribution in [2.75, 3.05) is 39.4 Å². The predicted octanol–water partition coefficient (Wildman–Crippen LogP) is 3.17. The Hall–Kier alpha value is -1.86. The normalized spacial score (nSPS) is 17.1.